The quantitative estimate of drug-likeness (QED) is 0.395. The maximum atomic E-state index is 2.38. The topological polar surface area (TPSA) is 3.24 Å². The van der Waals surface area contributed by atoms with Crippen LogP contribution in [0, 0.1) is 0 Å². The molecule has 0 N–H and O–H groups in total. The molecule has 0 aromatic rings. The second-order valence-electron chi connectivity index (χ2n) is 3.31. The standard InChI is InChI=1S/C9H20N.Li/c1-4-6-7-8-9-10(3)5-2;/h1,4-9H2,2-3H3;. The van der Waals surface area contributed by atoms with Gasteiger partial charge in [0.1, 0.15) is 0 Å². The second kappa shape index (κ2) is 8.65. The van der Waals surface area contributed by atoms with Crippen LogP contribution >= 0.6 is 0 Å². The molecule has 0 amide bonds. The van der Waals surface area contributed by atoms with E-state index in [1.165, 1.54) is 43.9 Å². The van der Waals surface area contributed by atoms with E-state index >= 15 is 0 Å². The molecule has 0 saturated heterocycles. The molecular formula is C9H20LiN. The number of rotatable bonds is 7. The predicted molar refractivity (Wildman–Crippen MR) is 52.2 cm³/mol. The van der Waals surface area contributed by atoms with Crippen LogP contribution in [0.25, 0.3) is 0 Å². The first-order valence-electron chi connectivity index (χ1n) is 4.99. The summed E-state index contributed by atoms with van der Waals surface area (Å²) in [6.45, 7) is 4.68. The van der Waals surface area contributed by atoms with Crippen LogP contribution in [0.2, 0.25) is 5.09 Å². The van der Waals surface area contributed by atoms with Crippen LogP contribution in [-0.2, 0) is 0 Å². The summed E-state index contributed by atoms with van der Waals surface area (Å²) in [4.78, 5) is 2.38. The zero-order valence-electron chi connectivity index (χ0n) is 8.40. The van der Waals surface area contributed by atoms with Gasteiger partial charge < -0.3 is 0 Å². The van der Waals surface area contributed by atoms with Crippen molar-refractivity contribution >= 4 is 17.7 Å². The Labute approximate surface area is 80.7 Å². The maximum absolute atomic E-state index is 2.38. The third-order valence-corrected chi connectivity index (χ3v) is 2.18. The molecule has 0 unspecified atom stereocenters. The molecule has 11 heavy (non-hydrogen) atoms. The summed E-state index contributed by atoms with van der Waals surface area (Å²) in [6.07, 6.45) is 5.63. The van der Waals surface area contributed by atoms with Crippen molar-refractivity contribution in [2.75, 3.05) is 20.1 Å². The van der Waals surface area contributed by atoms with Crippen molar-refractivity contribution < 1.29 is 0 Å². The number of hydrogen-bond acceptors (Lipinski definition) is 1. The minimum atomic E-state index is 1.19. The molecule has 0 radical (unpaired) electrons. The first-order chi connectivity index (χ1) is 5.31. The zero-order valence-corrected chi connectivity index (χ0v) is 8.40. The Morgan fingerprint density at radius 1 is 1.09 bits per heavy atom. The van der Waals surface area contributed by atoms with E-state index in [4.69, 9.17) is 0 Å². The van der Waals surface area contributed by atoms with Crippen LogP contribution in [-0.4, -0.2) is 42.8 Å². The van der Waals surface area contributed by atoms with Gasteiger partial charge in [-0.05, 0) is 0 Å². The van der Waals surface area contributed by atoms with Gasteiger partial charge in [-0.25, -0.2) is 0 Å². The number of nitrogens with zero attached hydrogens (tertiary/aromatic N) is 1. The summed E-state index contributed by atoms with van der Waals surface area (Å²) >= 11 is 2.26. The summed E-state index contributed by atoms with van der Waals surface area (Å²) in [6, 6.07) is 0. The van der Waals surface area contributed by atoms with Crippen molar-refractivity contribution in [3.63, 3.8) is 0 Å². The van der Waals surface area contributed by atoms with E-state index in [0.717, 1.165) is 0 Å². The molecule has 0 aliphatic rings. The monoisotopic (exact) mass is 149 g/mol. The van der Waals surface area contributed by atoms with Crippen LogP contribution in [0.4, 0.5) is 0 Å². The van der Waals surface area contributed by atoms with Gasteiger partial charge in [0.25, 0.3) is 0 Å². The Balaban J connectivity index is 2.89. The Morgan fingerprint density at radius 3 is 2.27 bits per heavy atom. The summed E-state index contributed by atoms with van der Waals surface area (Å²) in [5.41, 5.74) is 0. The van der Waals surface area contributed by atoms with Gasteiger partial charge in [-0.3, -0.25) is 0 Å². The average Bonchev–Trinajstić information content (AvgIpc) is 2.04. The number of hydrogen-bond donors (Lipinski definition) is 0. The molecule has 0 bridgehead atoms. The summed E-state index contributed by atoms with van der Waals surface area (Å²) in [5, 5.41) is 1.35. The fraction of sp³-hybridized carbons (Fsp3) is 1.00. The van der Waals surface area contributed by atoms with Crippen LogP contribution < -0.4 is 0 Å². The minimum absolute atomic E-state index is 1.19. The molecule has 0 aromatic heterocycles. The molecule has 1 nitrogen and oxygen atoms in total. The molecule has 0 atom stereocenters. The van der Waals surface area contributed by atoms with Gasteiger partial charge in [-0.1, -0.05) is 0 Å². The second-order valence-corrected chi connectivity index (χ2v) is 3.31. The van der Waals surface area contributed by atoms with Crippen molar-refractivity contribution in [1.82, 2.24) is 4.90 Å². The van der Waals surface area contributed by atoms with Crippen molar-refractivity contribution in [3.8, 4) is 0 Å². The fourth-order valence-corrected chi connectivity index (χ4v) is 1.14. The van der Waals surface area contributed by atoms with Gasteiger partial charge in [0, 0.05) is 0 Å². The van der Waals surface area contributed by atoms with E-state index in [1.807, 2.05) is 0 Å². The molecule has 0 fully saturated rings. The molecule has 0 saturated carbocycles. The predicted octanol–water partition coefficient (Wildman–Crippen LogP) is 2.09. The van der Waals surface area contributed by atoms with Crippen LogP contribution in [0.1, 0.15) is 32.6 Å². The van der Waals surface area contributed by atoms with Crippen LogP contribution in [0.5, 0.6) is 0 Å². The third kappa shape index (κ3) is 8.46. The van der Waals surface area contributed by atoms with Gasteiger partial charge in [0.05, 0.1) is 0 Å². The van der Waals surface area contributed by atoms with Gasteiger partial charge in [0.2, 0.25) is 0 Å². The van der Waals surface area contributed by atoms with Gasteiger partial charge in [0.15, 0.2) is 0 Å². The summed E-state index contributed by atoms with van der Waals surface area (Å²) < 4.78 is 0. The normalized spacial score (nSPS) is 11.0. The van der Waals surface area contributed by atoms with Crippen molar-refractivity contribution in [3.05, 3.63) is 0 Å². The van der Waals surface area contributed by atoms with E-state index in [0.29, 0.717) is 0 Å². The number of unbranched alkanes of at least 4 members (excludes halogenated alkanes) is 3. The molecule has 2 heteroatoms. The summed E-state index contributed by atoms with van der Waals surface area (Å²) in [7, 11) is 2.19. The van der Waals surface area contributed by atoms with Gasteiger partial charge in [-0.2, -0.15) is 0 Å². The van der Waals surface area contributed by atoms with E-state index in [9.17, 15) is 0 Å². The molecule has 0 spiro atoms. The van der Waals surface area contributed by atoms with E-state index in [2.05, 4.69) is 36.6 Å². The van der Waals surface area contributed by atoms with E-state index in [-0.39, 0.29) is 0 Å². The van der Waals surface area contributed by atoms with Crippen molar-refractivity contribution in [2.24, 2.45) is 0 Å². The van der Waals surface area contributed by atoms with Crippen LogP contribution in [0.3, 0.4) is 0 Å². The molecule has 62 valence electrons. The fourth-order valence-electron chi connectivity index (χ4n) is 1.14. The average molecular weight is 149 g/mol. The van der Waals surface area contributed by atoms with Crippen molar-refractivity contribution in [1.29, 1.82) is 0 Å². The third-order valence-electron chi connectivity index (χ3n) is 2.18. The molecule has 0 rings (SSSR count). The molecule has 0 aliphatic heterocycles. The molecule has 0 heterocycles. The SMILES string of the molecule is [Li][CH2]CCCCCN(C)CC. The summed E-state index contributed by atoms with van der Waals surface area (Å²) in [5.74, 6) is 0. The van der Waals surface area contributed by atoms with Gasteiger partial charge in [-0.15, -0.1) is 0 Å². The Kier molecular flexibility index (Phi) is 9.09. The molecular weight excluding hydrogens is 129 g/mol. The molecule has 0 aromatic carbocycles. The first-order valence-corrected chi connectivity index (χ1v) is 4.99. The Morgan fingerprint density at radius 2 is 1.73 bits per heavy atom. The first kappa shape index (κ1) is 11.6. The van der Waals surface area contributed by atoms with E-state index < -0.39 is 0 Å². The Bertz CT molecular complexity index is 76.0. The van der Waals surface area contributed by atoms with E-state index in [1.54, 1.807) is 0 Å². The molecule has 0 aliphatic carbocycles. The van der Waals surface area contributed by atoms with Crippen molar-refractivity contribution in [2.45, 2.75) is 37.7 Å². The Hall–Kier alpha value is 0.557. The van der Waals surface area contributed by atoms with Gasteiger partial charge >= 0.3 is 80.5 Å². The zero-order chi connectivity index (χ0) is 8.53. The van der Waals surface area contributed by atoms with Crippen LogP contribution in [0.15, 0.2) is 0 Å².